The fraction of sp³-hybridized carbons (Fsp3) is 0.889. The number of amides is 1. The van der Waals surface area contributed by atoms with Crippen molar-refractivity contribution >= 4 is 5.91 Å². The van der Waals surface area contributed by atoms with Gasteiger partial charge in [0.1, 0.15) is 0 Å². The van der Waals surface area contributed by atoms with Gasteiger partial charge in [-0.2, -0.15) is 0 Å². The van der Waals surface area contributed by atoms with Gasteiger partial charge in [-0.1, -0.05) is 25.4 Å². The third kappa shape index (κ3) is 6.31. The molecule has 0 aromatic heterocycles. The third-order valence-corrected chi connectivity index (χ3v) is 1.97. The minimum atomic E-state index is 0.0828. The quantitative estimate of drug-likeness (QED) is 0.289. The van der Waals surface area contributed by atoms with Crippen LogP contribution in [-0.2, 0) is 4.79 Å². The van der Waals surface area contributed by atoms with E-state index in [0.29, 0.717) is 19.5 Å². The molecule has 0 aromatic rings. The topological polar surface area (TPSA) is 77.9 Å². The molecular weight excluding hydrogens is 180 g/mol. The van der Waals surface area contributed by atoms with Gasteiger partial charge in [-0.25, -0.2) is 0 Å². The van der Waals surface area contributed by atoms with Gasteiger partial charge in [0, 0.05) is 23.9 Å². The van der Waals surface area contributed by atoms with Crippen LogP contribution in [0, 0.1) is 5.92 Å². The van der Waals surface area contributed by atoms with Crippen LogP contribution < -0.4 is 5.32 Å². The van der Waals surface area contributed by atoms with E-state index in [-0.39, 0.29) is 11.8 Å². The fourth-order valence-electron chi connectivity index (χ4n) is 1.14. The van der Waals surface area contributed by atoms with Crippen LogP contribution in [0.5, 0.6) is 0 Å². The molecule has 0 aliphatic carbocycles. The van der Waals surface area contributed by atoms with Crippen molar-refractivity contribution in [3.63, 3.8) is 0 Å². The van der Waals surface area contributed by atoms with Crippen LogP contribution in [0.1, 0.15) is 33.1 Å². The maximum Gasteiger partial charge on any atom is 0.222 e. The first-order valence-corrected chi connectivity index (χ1v) is 5.01. The molecule has 0 saturated carbocycles. The number of rotatable bonds is 7. The summed E-state index contributed by atoms with van der Waals surface area (Å²) >= 11 is 0. The summed E-state index contributed by atoms with van der Waals surface area (Å²) in [5.74, 6) is 0.173. The minimum Gasteiger partial charge on any atom is -0.356 e. The zero-order valence-electron chi connectivity index (χ0n) is 8.86. The van der Waals surface area contributed by atoms with Crippen molar-refractivity contribution in [3.8, 4) is 0 Å². The van der Waals surface area contributed by atoms with E-state index >= 15 is 0 Å². The molecule has 0 saturated heterocycles. The molecule has 14 heavy (non-hydrogen) atoms. The van der Waals surface area contributed by atoms with E-state index in [4.69, 9.17) is 5.53 Å². The number of carbonyl (C=O) groups excluding carboxylic acids is 1. The zero-order valence-corrected chi connectivity index (χ0v) is 8.86. The van der Waals surface area contributed by atoms with Gasteiger partial charge in [-0.15, -0.1) is 0 Å². The molecule has 5 nitrogen and oxygen atoms in total. The number of hydrogen-bond donors (Lipinski definition) is 1. The minimum absolute atomic E-state index is 0.0828. The standard InChI is InChI=1S/C9H18N4O/c1-3-5-8(2)9(14)11-6-4-7-12-13-10/h8H,3-7H2,1-2H3,(H,11,14). The van der Waals surface area contributed by atoms with E-state index < -0.39 is 0 Å². The van der Waals surface area contributed by atoms with Crippen molar-refractivity contribution in [1.82, 2.24) is 5.32 Å². The maximum atomic E-state index is 11.4. The van der Waals surface area contributed by atoms with E-state index in [2.05, 4.69) is 22.3 Å². The third-order valence-electron chi connectivity index (χ3n) is 1.97. The van der Waals surface area contributed by atoms with E-state index in [9.17, 15) is 4.79 Å². The van der Waals surface area contributed by atoms with Gasteiger partial charge >= 0.3 is 0 Å². The van der Waals surface area contributed by atoms with Crippen molar-refractivity contribution in [2.45, 2.75) is 33.1 Å². The summed E-state index contributed by atoms with van der Waals surface area (Å²) in [7, 11) is 0. The molecule has 1 atom stereocenters. The zero-order chi connectivity index (χ0) is 10.8. The van der Waals surface area contributed by atoms with Crippen LogP contribution in [0.2, 0.25) is 0 Å². The molecule has 0 heterocycles. The SMILES string of the molecule is CCCC(C)C(=O)NCCCN=[N+]=[N-]. The molecule has 80 valence electrons. The summed E-state index contributed by atoms with van der Waals surface area (Å²) in [6.45, 7) is 5.02. The summed E-state index contributed by atoms with van der Waals surface area (Å²) in [6, 6.07) is 0. The average molecular weight is 198 g/mol. The summed E-state index contributed by atoms with van der Waals surface area (Å²) in [4.78, 5) is 14.0. The Hall–Kier alpha value is -1.22. The van der Waals surface area contributed by atoms with E-state index in [1.54, 1.807) is 0 Å². The second-order valence-corrected chi connectivity index (χ2v) is 3.29. The van der Waals surface area contributed by atoms with Gasteiger partial charge in [0.25, 0.3) is 0 Å². The Labute approximate surface area is 84.5 Å². The smallest absolute Gasteiger partial charge is 0.222 e. The first-order valence-electron chi connectivity index (χ1n) is 5.01. The largest absolute Gasteiger partial charge is 0.356 e. The molecule has 0 radical (unpaired) electrons. The van der Waals surface area contributed by atoms with Crippen molar-refractivity contribution in [3.05, 3.63) is 10.4 Å². The van der Waals surface area contributed by atoms with Crippen LogP contribution in [-0.4, -0.2) is 19.0 Å². The van der Waals surface area contributed by atoms with Crippen LogP contribution in [0.25, 0.3) is 10.4 Å². The maximum absolute atomic E-state index is 11.4. The molecule has 0 aliphatic heterocycles. The van der Waals surface area contributed by atoms with E-state index in [1.165, 1.54) is 0 Å². The lowest BCUT2D eigenvalue weighted by Crippen LogP contribution is -2.30. The predicted octanol–water partition coefficient (Wildman–Crippen LogP) is 2.24. The highest BCUT2D eigenvalue weighted by Crippen LogP contribution is 2.04. The first kappa shape index (κ1) is 12.8. The lowest BCUT2D eigenvalue weighted by molar-refractivity contribution is -0.124. The first-order chi connectivity index (χ1) is 6.72. The molecule has 0 aromatic carbocycles. The summed E-state index contributed by atoms with van der Waals surface area (Å²) in [6.07, 6.45) is 2.64. The van der Waals surface area contributed by atoms with Gasteiger partial charge in [-0.05, 0) is 18.4 Å². The highest BCUT2D eigenvalue weighted by atomic mass is 16.1. The van der Waals surface area contributed by atoms with E-state index in [0.717, 1.165) is 12.8 Å². The molecule has 1 amide bonds. The lowest BCUT2D eigenvalue weighted by Gasteiger charge is -2.10. The van der Waals surface area contributed by atoms with Crippen LogP contribution in [0.4, 0.5) is 0 Å². The lowest BCUT2D eigenvalue weighted by atomic mass is 10.1. The average Bonchev–Trinajstić information content (AvgIpc) is 2.17. The van der Waals surface area contributed by atoms with Crippen molar-refractivity contribution in [2.24, 2.45) is 11.0 Å². The number of carbonyl (C=O) groups is 1. The Bertz CT molecular complexity index is 211. The molecular formula is C9H18N4O. The molecule has 0 spiro atoms. The Balaban J connectivity index is 3.48. The van der Waals surface area contributed by atoms with Gasteiger partial charge in [-0.3, -0.25) is 4.79 Å². The van der Waals surface area contributed by atoms with E-state index in [1.807, 2.05) is 6.92 Å². The number of nitrogens with one attached hydrogen (secondary N) is 1. The highest BCUT2D eigenvalue weighted by molar-refractivity contribution is 5.78. The van der Waals surface area contributed by atoms with Crippen molar-refractivity contribution < 1.29 is 4.79 Å². The van der Waals surface area contributed by atoms with Gasteiger partial charge in [0.2, 0.25) is 5.91 Å². The Morgan fingerprint density at radius 2 is 2.36 bits per heavy atom. The summed E-state index contributed by atoms with van der Waals surface area (Å²) in [5, 5.41) is 6.18. The van der Waals surface area contributed by atoms with Crippen molar-refractivity contribution in [1.29, 1.82) is 0 Å². The van der Waals surface area contributed by atoms with Crippen LogP contribution >= 0.6 is 0 Å². The number of hydrogen-bond acceptors (Lipinski definition) is 2. The Morgan fingerprint density at radius 1 is 1.64 bits per heavy atom. The van der Waals surface area contributed by atoms with Gasteiger partial charge in [0.15, 0.2) is 0 Å². The Morgan fingerprint density at radius 3 is 2.93 bits per heavy atom. The summed E-state index contributed by atoms with van der Waals surface area (Å²) in [5.41, 5.74) is 8.00. The summed E-state index contributed by atoms with van der Waals surface area (Å²) < 4.78 is 0. The Kier molecular flexibility index (Phi) is 7.65. The molecule has 5 heteroatoms. The molecule has 0 rings (SSSR count). The predicted molar refractivity (Wildman–Crippen MR) is 55.7 cm³/mol. The number of azide groups is 1. The molecule has 0 aliphatic rings. The molecule has 1 N–H and O–H groups in total. The second-order valence-electron chi connectivity index (χ2n) is 3.29. The molecule has 0 fully saturated rings. The number of nitrogens with zero attached hydrogens (tertiary/aromatic N) is 3. The van der Waals surface area contributed by atoms with Crippen LogP contribution in [0.3, 0.4) is 0 Å². The monoisotopic (exact) mass is 198 g/mol. The normalized spacial score (nSPS) is 11.6. The highest BCUT2D eigenvalue weighted by Gasteiger charge is 2.09. The molecule has 1 unspecified atom stereocenters. The van der Waals surface area contributed by atoms with Crippen LogP contribution in [0.15, 0.2) is 5.11 Å². The second kappa shape index (κ2) is 8.38. The van der Waals surface area contributed by atoms with Gasteiger partial charge < -0.3 is 5.32 Å². The molecule has 0 bridgehead atoms. The van der Waals surface area contributed by atoms with Crippen molar-refractivity contribution in [2.75, 3.05) is 13.1 Å². The van der Waals surface area contributed by atoms with Gasteiger partial charge in [0.05, 0.1) is 0 Å². The fourth-order valence-corrected chi connectivity index (χ4v) is 1.14.